The van der Waals surface area contributed by atoms with E-state index in [1.165, 1.54) is 11.1 Å². The van der Waals surface area contributed by atoms with Crippen molar-refractivity contribution in [3.8, 4) is 0 Å². The summed E-state index contributed by atoms with van der Waals surface area (Å²) in [4.78, 5) is 15.4. The molecule has 0 unspecified atom stereocenters. The number of ether oxygens (including phenoxy) is 1. The van der Waals surface area contributed by atoms with Crippen LogP contribution in [0.2, 0.25) is 0 Å². The van der Waals surface area contributed by atoms with E-state index in [0.717, 1.165) is 46.6 Å². The first-order chi connectivity index (χ1) is 15.9. The van der Waals surface area contributed by atoms with Gasteiger partial charge in [-0.25, -0.2) is 4.79 Å². The monoisotopic (exact) mass is 443 g/mol. The van der Waals surface area contributed by atoms with Crippen molar-refractivity contribution < 1.29 is 9.53 Å². The molecular formula is C28H33N3O2. The molecule has 0 atom stereocenters. The highest BCUT2D eigenvalue weighted by molar-refractivity contribution is 5.98. The van der Waals surface area contributed by atoms with Crippen LogP contribution in [0.4, 0.5) is 17.1 Å². The van der Waals surface area contributed by atoms with E-state index < -0.39 is 5.60 Å². The third kappa shape index (κ3) is 3.62. The molecule has 172 valence electrons. The van der Waals surface area contributed by atoms with Crippen molar-refractivity contribution in [2.45, 2.75) is 32.3 Å². The third-order valence-corrected chi connectivity index (χ3v) is 6.65. The summed E-state index contributed by atoms with van der Waals surface area (Å²) in [5.41, 5.74) is 7.56. The number of rotatable bonds is 7. The first-order valence-electron chi connectivity index (χ1n) is 11.6. The lowest BCUT2D eigenvalue weighted by Gasteiger charge is -2.34. The fourth-order valence-corrected chi connectivity index (χ4v) is 4.73. The molecule has 1 heterocycles. The van der Waals surface area contributed by atoms with Gasteiger partial charge < -0.3 is 20.3 Å². The molecule has 0 amide bonds. The molecule has 0 spiro atoms. The first kappa shape index (κ1) is 22.7. The highest BCUT2D eigenvalue weighted by Gasteiger charge is 2.51. The molecule has 0 aliphatic carbocycles. The number of carbonyl (C=O) groups is 1. The second-order valence-electron chi connectivity index (χ2n) is 8.66. The van der Waals surface area contributed by atoms with Gasteiger partial charge in [-0.15, -0.1) is 0 Å². The number of hydrogen-bond donors (Lipinski definition) is 2. The lowest BCUT2D eigenvalue weighted by Crippen LogP contribution is -2.31. The summed E-state index contributed by atoms with van der Waals surface area (Å²) < 4.78 is 6.42. The molecule has 2 N–H and O–H groups in total. The molecule has 4 rings (SSSR count). The van der Waals surface area contributed by atoms with Crippen LogP contribution in [0.25, 0.3) is 0 Å². The third-order valence-electron chi connectivity index (χ3n) is 6.65. The zero-order valence-electron chi connectivity index (χ0n) is 20.4. The van der Waals surface area contributed by atoms with E-state index in [-0.39, 0.29) is 5.97 Å². The fraction of sp³-hybridized carbons (Fsp3) is 0.321. The molecule has 1 aliphatic rings. The molecule has 0 aromatic heterocycles. The number of aryl methyl sites for hydroxylation is 2. The van der Waals surface area contributed by atoms with E-state index in [2.05, 4.69) is 66.9 Å². The summed E-state index contributed by atoms with van der Waals surface area (Å²) in [6.45, 7) is 4.28. The molecule has 5 heteroatoms. The largest absolute Gasteiger partial charge is 0.440 e. The molecule has 0 saturated heterocycles. The van der Waals surface area contributed by atoms with E-state index in [4.69, 9.17) is 4.74 Å². The summed E-state index contributed by atoms with van der Waals surface area (Å²) >= 11 is 0. The summed E-state index contributed by atoms with van der Waals surface area (Å²) in [5.74, 6) is -0.308. The van der Waals surface area contributed by atoms with E-state index in [1.54, 1.807) is 0 Å². The Hall–Kier alpha value is -3.47. The van der Waals surface area contributed by atoms with Crippen molar-refractivity contribution in [1.29, 1.82) is 0 Å². The van der Waals surface area contributed by atoms with Crippen molar-refractivity contribution >= 4 is 23.0 Å². The molecule has 3 aromatic rings. The predicted molar refractivity (Wildman–Crippen MR) is 137 cm³/mol. The zero-order chi connectivity index (χ0) is 23.8. The molecular weight excluding hydrogens is 410 g/mol. The number of carbonyl (C=O) groups excluding carboxylic acids is 1. The molecule has 33 heavy (non-hydrogen) atoms. The van der Waals surface area contributed by atoms with E-state index in [1.807, 2.05) is 45.2 Å². The minimum Gasteiger partial charge on any atom is -0.440 e. The average Bonchev–Trinajstić information content (AvgIpc) is 3.15. The minimum atomic E-state index is -1.06. The second kappa shape index (κ2) is 8.81. The smallest absolute Gasteiger partial charge is 0.340 e. The van der Waals surface area contributed by atoms with Crippen LogP contribution in [-0.2, 0) is 23.2 Å². The number of anilines is 3. The molecule has 0 bridgehead atoms. The van der Waals surface area contributed by atoms with Crippen molar-refractivity contribution in [3.05, 3.63) is 88.0 Å². The predicted octanol–water partition coefficient (Wildman–Crippen LogP) is 5.42. The Morgan fingerprint density at radius 3 is 1.76 bits per heavy atom. The number of hydrogen-bond acceptors (Lipinski definition) is 5. The minimum absolute atomic E-state index is 0.308. The molecule has 5 nitrogen and oxygen atoms in total. The van der Waals surface area contributed by atoms with Gasteiger partial charge in [-0.2, -0.15) is 0 Å². The van der Waals surface area contributed by atoms with Gasteiger partial charge in [0.05, 0.1) is 5.56 Å². The van der Waals surface area contributed by atoms with Crippen LogP contribution >= 0.6 is 0 Å². The van der Waals surface area contributed by atoms with Gasteiger partial charge in [0.25, 0.3) is 0 Å². The lowest BCUT2D eigenvalue weighted by atomic mass is 9.77. The number of benzene rings is 3. The van der Waals surface area contributed by atoms with Crippen LogP contribution in [0.3, 0.4) is 0 Å². The number of nitrogens with zero attached hydrogens (tertiary/aromatic N) is 1. The van der Waals surface area contributed by atoms with Gasteiger partial charge in [-0.1, -0.05) is 44.2 Å². The van der Waals surface area contributed by atoms with Crippen LogP contribution in [0.1, 0.15) is 52.0 Å². The average molecular weight is 444 g/mol. The topological polar surface area (TPSA) is 53.6 Å². The molecule has 0 saturated carbocycles. The zero-order valence-corrected chi connectivity index (χ0v) is 20.4. The van der Waals surface area contributed by atoms with E-state index in [9.17, 15) is 4.79 Å². The molecule has 0 fully saturated rings. The number of cyclic esters (lactones) is 1. The number of esters is 1. The quantitative estimate of drug-likeness (QED) is 0.478. The standard InChI is InChI=1S/C28H33N3O2/c1-7-18-9-12-23(25(15-18)29-3)28(24-13-10-19(8-2)16-26(24)30-4)22-14-11-20(31(5)6)17-21(22)27(32)33-28/h9-17,29-30H,7-8H2,1-6H3. The van der Waals surface area contributed by atoms with Crippen LogP contribution in [0.5, 0.6) is 0 Å². The Kier molecular flexibility index (Phi) is 6.07. The fourth-order valence-electron chi connectivity index (χ4n) is 4.73. The summed E-state index contributed by atoms with van der Waals surface area (Å²) in [6.07, 6.45) is 1.86. The van der Waals surface area contributed by atoms with Crippen LogP contribution in [0, 0.1) is 0 Å². The van der Waals surface area contributed by atoms with E-state index >= 15 is 0 Å². The lowest BCUT2D eigenvalue weighted by molar-refractivity contribution is 0.0255. The highest BCUT2D eigenvalue weighted by Crippen LogP contribution is 2.52. The van der Waals surface area contributed by atoms with Crippen molar-refractivity contribution in [2.75, 3.05) is 43.7 Å². The SMILES string of the molecule is CCc1ccc(C2(c3ccc(CC)cc3NC)OC(=O)c3cc(N(C)C)ccc32)c(NC)c1. The van der Waals surface area contributed by atoms with Crippen molar-refractivity contribution in [2.24, 2.45) is 0 Å². The van der Waals surface area contributed by atoms with Gasteiger partial charge in [0.1, 0.15) is 0 Å². The Labute approximate surface area is 196 Å². The van der Waals surface area contributed by atoms with Crippen LogP contribution in [0.15, 0.2) is 54.6 Å². The van der Waals surface area contributed by atoms with Gasteiger partial charge in [0, 0.05) is 61.9 Å². The Bertz CT molecular complexity index is 1140. The first-order valence-corrected chi connectivity index (χ1v) is 11.6. The van der Waals surface area contributed by atoms with Crippen LogP contribution < -0.4 is 15.5 Å². The number of nitrogens with one attached hydrogen (secondary N) is 2. The van der Waals surface area contributed by atoms with Gasteiger partial charge >= 0.3 is 5.97 Å². The van der Waals surface area contributed by atoms with Gasteiger partial charge in [-0.05, 0) is 48.2 Å². The summed E-state index contributed by atoms with van der Waals surface area (Å²) in [6, 6.07) is 18.8. The van der Waals surface area contributed by atoms with E-state index in [0.29, 0.717) is 5.56 Å². The Morgan fingerprint density at radius 2 is 1.30 bits per heavy atom. The highest BCUT2D eigenvalue weighted by atomic mass is 16.6. The Morgan fingerprint density at radius 1 is 0.788 bits per heavy atom. The Balaban J connectivity index is 2.09. The molecule has 1 aliphatic heterocycles. The molecule has 0 radical (unpaired) electrons. The maximum atomic E-state index is 13.4. The van der Waals surface area contributed by atoms with Crippen molar-refractivity contribution in [3.63, 3.8) is 0 Å². The van der Waals surface area contributed by atoms with Gasteiger partial charge in [0.2, 0.25) is 0 Å². The molecule has 3 aromatic carbocycles. The summed E-state index contributed by atoms with van der Waals surface area (Å²) in [7, 11) is 7.77. The van der Waals surface area contributed by atoms with Crippen molar-refractivity contribution in [1.82, 2.24) is 0 Å². The second-order valence-corrected chi connectivity index (χ2v) is 8.66. The normalized spacial score (nSPS) is 13.9. The maximum absolute atomic E-state index is 13.4. The number of fused-ring (bicyclic) bond motifs is 1. The summed E-state index contributed by atoms with van der Waals surface area (Å²) in [5, 5.41) is 6.71. The van der Waals surface area contributed by atoms with Crippen LogP contribution in [-0.4, -0.2) is 34.2 Å². The van der Waals surface area contributed by atoms with Gasteiger partial charge in [0.15, 0.2) is 5.60 Å². The maximum Gasteiger partial charge on any atom is 0.340 e. The van der Waals surface area contributed by atoms with Gasteiger partial charge in [-0.3, -0.25) is 0 Å².